The topological polar surface area (TPSA) is 29.3 Å². The number of hydrogen-bond acceptors (Lipinski definition) is 2. The highest BCUT2D eigenvalue weighted by Crippen LogP contribution is 2.34. The lowest BCUT2D eigenvalue weighted by atomic mass is 9.96. The fourth-order valence-electron chi connectivity index (χ4n) is 3.31. The number of nitrogens with zero attached hydrogens (tertiary/aromatic N) is 1. The van der Waals surface area contributed by atoms with E-state index in [0.717, 1.165) is 5.92 Å². The molecule has 1 aromatic rings. The second-order valence-electron chi connectivity index (χ2n) is 6.07. The van der Waals surface area contributed by atoms with E-state index in [-0.39, 0.29) is 6.04 Å². The molecule has 0 bridgehead atoms. The highest BCUT2D eigenvalue weighted by Gasteiger charge is 2.31. The third-order valence-corrected chi connectivity index (χ3v) is 4.58. The van der Waals surface area contributed by atoms with Crippen molar-refractivity contribution in [3.05, 3.63) is 35.4 Å². The van der Waals surface area contributed by atoms with Crippen molar-refractivity contribution in [2.75, 3.05) is 13.6 Å². The Morgan fingerprint density at radius 3 is 2.78 bits per heavy atom. The second-order valence-corrected chi connectivity index (χ2v) is 6.07. The maximum absolute atomic E-state index is 6.55. The molecule has 1 aromatic carbocycles. The first-order chi connectivity index (χ1) is 8.75. The molecule has 3 rings (SSSR count). The van der Waals surface area contributed by atoms with Crippen molar-refractivity contribution >= 4 is 0 Å². The molecule has 2 nitrogen and oxygen atoms in total. The summed E-state index contributed by atoms with van der Waals surface area (Å²) in [5.41, 5.74) is 9.39. The van der Waals surface area contributed by atoms with Crippen LogP contribution in [0.5, 0.6) is 0 Å². The number of nitrogens with two attached hydrogens (primary N) is 1. The van der Waals surface area contributed by atoms with Crippen molar-refractivity contribution in [1.82, 2.24) is 4.90 Å². The van der Waals surface area contributed by atoms with Gasteiger partial charge in [0.2, 0.25) is 0 Å². The van der Waals surface area contributed by atoms with Gasteiger partial charge >= 0.3 is 0 Å². The molecule has 1 fully saturated rings. The minimum atomic E-state index is 0.187. The van der Waals surface area contributed by atoms with Crippen LogP contribution in [0.25, 0.3) is 0 Å². The zero-order valence-corrected chi connectivity index (χ0v) is 11.3. The van der Waals surface area contributed by atoms with Crippen LogP contribution >= 0.6 is 0 Å². The molecule has 2 aliphatic carbocycles. The third-order valence-electron chi connectivity index (χ3n) is 4.58. The van der Waals surface area contributed by atoms with Crippen LogP contribution < -0.4 is 5.73 Å². The SMILES string of the molecule is CN(CC1CC1)C1CCCc2ccccc2C1N. The third kappa shape index (κ3) is 2.45. The van der Waals surface area contributed by atoms with Crippen LogP contribution in [-0.2, 0) is 6.42 Å². The molecule has 2 aliphatic rings. The summed E-state index contributed by atoms with van der Waals surface area (Å²) in [6.45, 7) is 1.24. The van der Waals surface area contributed by atoms with Crippen LogP contribution in [0.4, 0.5) is 0 Å². The summed E-state index contributed by atoms with van der Waals surface area (Å²) in [6, 6.07) is 9.45. The Kier molecular flexibility index (Phi) is 3.40. The number of likely N-dealkylation sites (N-methyl/N-ethyl adjacent to an activating group) is 1. The van der Waals surface area contributed by atoms with Gasteiger partial charge in [-0.3, -0.25) is 0 Å². The van der Waals surface area contributed by atoms with Gasteiger partial charge in [-0.1, -0.05) is 24.3 Å². The van der Waals surface area contributed by atoms with Crippen LogP contribution in [0.3, 0.4) is 0 Å². The second kappa shape index (κ2) is 5.02. The van der Waals surface area contributed by atoms with Gasteiger partial charge in [0.25, 0.3) is 0 Å². The van der Waals surface area contributed by atoms with Gasteiger partial charge in [-0.25, -0.2) is 0 Å². The molecular weight excluding hydrogens is 220 g/mol. The lowest BCUT2D eigenvalue weighted by molar-refractivity contribution is 0.193. The van der Waals surface area contributed by atoms with Gasteiger partial charge in [0.1, 0.15) is 0 Å². The van der Waals surface area contributed by atoms with Crippen LogP contribution in [0, 0.1) is 5.92 Å². The number of rotatable bonds is 3. The highest BCUT2D eigenvalue weighted by atomic mass is 15.2. The Bertz CT molecular complexity index is 411. The lowest BCUT2D eigenvalue weighted by Crippen LogP contribution is -2.41. The fraction of sp³-hybridized carbons (Fsp3) is 0.625. The van der Waals surface area contributed by atoms with Gasteiger partial charge in [-0.05, 0) is 56.2 Å². The first-order valence-corrected chi connectivity index (χ1v) is 7.29. The molecule has 0 aliphatic heterocycles. The minimum absolute atomic E-state index is 0.187. The Balaban J connectivity index is 1.79. The van der Waals surface area contributed by atoms with Crippen LogP contribution in [0.2, 0.25) is 0 Å². The molecule has 2 unspecified atom stereocenters. The van der Waals surface area contributed by atoms with Crippen LogP contribution in [-0.4, -0.2) is 24.5 Å². The summed E-state index contributed by atoms with van der Waals surface area (Å²) in [5.74, 6) is 0.945. The van der Waals surface area contributed by atoms with E-state index in [2.05, 4.69) is 36.2 Å². The largest absolute Gasteiger partial charge is 0.323 e. The molecular formula is C16H24N2. The molecule has 0 amide bonds. The number of fused-ring (bicyclic) bond motifs is 1. The molecule has 0 spiro atoms. The first kappa shape index (κ1) is 12.2. The Labute approximate surface area is 110 Å². The van der Waals surface area contributed by atoms with E-state index in [1.807, 2.05) is 0 Å². The maximum atomic E-state index is 6.55. The Hall–Kier alpha value is -0.860. The standard InChI is InChI=1S/C16H24N2/c1-18(11-12-9-10-12)15-8-4-6-13-5-2-3-7-14(13)16(15)17/h2-3,5,7,12,15-16H,4,6,8-11,17H2,1H3. The van der Waals surface area contributed by atoms with Crippen molar-refractivity contribution in [3.8, 4) is 0 Å². The van der Waals surface area contributed by atoms with Crippen molar-refractivity contribution in [2.45, 2.75) is 44.2 Å². The van der Waals surface area contributed by atoms with Crippen LogP contribution in [0.15, 0.2) is 24.3 Å². The molecule has 98 valence electrons. The molecule has 2 N–H and O–H groups in total. The summed E-state index contributed by atoms with van der Waals surface area (Å²) >= 11 is 0. The monoisotopic (exact) mass is 244 g/mol. The van der Waals surface area contributed by atoms with Gasteiger partial charge in [-0.15, -0.1) is 0 Å². The smallest absolute Gasteiger partial charge is 0.0455 e. The number of benzene rings is 1. The zero-order valence-electron chi connectivity index (χ0n) is 11.3. The quantitative estimate of drug-likeness (QED) is 0.828. The highest BCUT2D eigenvalue weighted by molar-refractivity contribution is 5.32. The predicted octanol–water partition coefficient (Wildman–Crippen LogP) is 2.73. The predicted molar refractivity (Wildman–Crippen MR) is 75.5 cm³/mol. The molecule has 2 atom stereocenters. The summed E-state index contributed by atoms with van der Waals surface area (Å²) in [6.07, 6.45) is 6.53. The van der Waals surface area contributed by atoms with Gasteiger partial charge in [0, 0.05) is 18.6 Å². The molecule has 0 aromatic heterocycles. The molecule has 1 saturated carbocycles. The number of hydrogen-bond donors (Lipinski definition) is 1. The Morgan fingerprint density at radius 1 is 1.22 bits per heavy atom. The van der Waals surface area contributed by atoms with Crippen molar-refractivity contribution in [1.29, 1.82) is 0 Å². The van der Waals surface area contributed by atoms with Crippen molar-refractivity contribution in [3.63, 3.8) is 0 Å². The zero-order chi connectivity index (χ0) is 12.5. The van der Waals surface area contributed by atoms with Gasteiger partial charge in [-0.2, -0.15) is 0 Å². The van der Waals surface area contributed by atoms with E-state index in [9.17, 15) is 0 Å². The van der Waals surface area contributed by atoms with Gasteiger partial charge in [0.15, 0.2) is 0 Å². The van der Waals surface area contributed by atoms with E-state index in [4.69, 9.17) is 5.73 Å². The molecule has 0 radical (unpaired) electrons. The first-order valence-electron chi connectivity index (χ1n) is 7.29. The molecule has 0 heterocycles. The van der Waals surface area contributed by atoms with E-state index >= 15 is 0 Å². The maximum Gasteiger partial charge on any atom is 0.0455 e. The summed E-state index contributed by atoms with van der Waals surface area (Å²) < 4.78 is 0. The average Bonchev–Trinajstić information content (AvgIpc) is 3.18. The summed E-state index contributed by atoms with van der Waals surface area (Å²) in [7, 11) is 2.26. The normalized spacial score (nSPS) is 27.9. The van der Waals surface area contributed by atoms with Gasteiger partial charge in [0.05, 0.1) is 0 Å². The summed E-state index contributed by atoms with van der Waals surface area (Å²) in [4.78, 5) is 2.52. The molecule has 2 heteroatoms. The molecule has 0 saturated heterocycles. The van der Waals surface area contributed by atoms with E-state index < -0.39 is 0 Å². The van der Waals surface area contributed by atoms with Crippen LogP contribution in [0.1, 0.15) is 42.9 Å². The lowest BCUT2D eigenvalue weighted by Gasteiger charge is -2.32. The van der Waals surface area contributed by atoms with E-state index in [1.165, 1.54) is 49.8 Å². The van der Waals surface area contributed by atoms with Crippen molar-refractivity contribution in [2.24, 2.45) is 11.7 Å². The average molecular weight is 244 g/mol. The minimum Gasteiger partial charge on any atom is -0.323 e. The van der Waals surface area contributed by atoms with E-state index in [0.29, 0.717) is 6.04 Å². The number of aryl methyl sites for hydroxylation is 1. The Morgan fingerprint density at radius 2 is 2.00 bits per heavy atom. The summed E-state index contributed by atoms with van der Waals surface area (Å²) in [5, 5.41) is 0. The van der Waals surface area contributed by atoms with Gasteiger partial charge < -0.3 is 10.6 Å². The van der Waals surface area contributed by atoms with Crippen molar-refractivity contribution < 1.29 is 0 Å². The molecule has 18 heavy (non-hydrogen) atoms. The van der Waals surface area contributed by atoms with E-state index in [1.54, 1.807) is 0 Å². The fourth-order valence-corrected chi connectivity index (χ4v) is 3.31.